The van der Waals surface area contributed by atoms with E-state index in [2.05, 4.69) is 25.9 Å². The third kappa shape index (κ3) is 3.02. The molecule has 2 N–H and O–H groups in total. The second-order valence-corrected chi connectivity index (χ2v) is 3.16. The number of anilines is 1. The highest BCUT2D eigenvalue weighted by molar-refractivity contribution is 9.10. The summed E-state index contributed by atoms with van der Waals surface area (Å²) in [6.45, 7) is -1.23. The average molecular weight is 272 g/mol. The van der Waals surface area contributed by atoms with Crippen LogP contribution in [0, 0.1) is 0 Å². The molecule has 0 aliphatic rings. The summed E-state index contributed by atoms with van der Waals surface area (Å²) in [6.07, 6.45) is -3.32. The number of aromatic amines is 1. The number of nitrogens with zero attached hydrogens (tertiary/aromatic N) is 1. The molecule has 0 amide bonds. The second-order valence-electron chi connectivity index (χ2n) is 2.36. The molecule has 1 heterocycles. The highest BCUT2D eigenvalue weighted by Crippen LogP contribution is 2.18. The molecule has 14 heavy (non-hydrogen) atoms. The third-order valence-electron chi connectivity index (χ3n) is 1.25. The zero-order valence-corrected chi connectivity index (χ0v) is 8.24. The molecule has 0 aromatic carbocycles. The van der Waals surface area contributed by atoms with Crippen LogP contribution in [0.15, 0.2) is 15.6 Å². The van der Waals surface area contributed by atoms with Crippen LogP contribution in [0.1, 0.15) is 0 Å². The molecular formula is C6H5BrF3N3O. The molecule has 0 bridgehead atoms. The van der Waals surface area contributed by atoms with Crippen LogP contribution in [-0.4, -0.2) is 22.7 Å². The summed E-state index contributed by atoms with van der Waals surface area (Å²) in [5.74, 6) is -0.133. The molecule has 1 rings (SSSR count). The van der Waals surface area contributed by atoms with Gasteiger partial charge in [-0.3, -0.25) is 4.79 Å². The van der Waals surface area contributed by atoms with Crippen molar-refractivity contribution in [2.24, 2.45) is 0 Å². The standard InChI is InChI=1S/C6H5BrF3N3O/c7-3-4(11-1-6(8,9)10)12-2-13-5(3)14/h2H,1H2,(H2,11,12,13,14). The van der Waals surface area contributed by atoms with Crippen LogP contribution in [0.2, 0.25) is 0 Å². The molecule has 0 fully saturated rings. The fourth-order valence-corrected chi connectivity index (χ4v) is 1.05. The van der Waals surface area contributed by atoms with Crippen molar-refractivity contribution in [3.8, 4) is 0 Å². The lowest BCUT2D eigenvalue weighted by Gasteiger charge is -2.08. The largest absolute Gasteiger partial charge is 0.405 e. The monoisotopic (exact) mass is 271 g/mol. The van der Waals surface area contributed by atoms with Gasteiger partial charge in [0.25, 0.3) is 5.56 Å². The van der Waals surface area contributed by atoms with Crippen molar-refractivity contribution in [1.82, 2.24) is 9.97 Å². The van der Waals surface area contributed by atoms with E-state index in [1.807, 2.05) is 5.32 Å². The highest BCUT2D eigenvalue weighted by atomic mass is 79.9. The molecule has 8 heteroatoms. The van der Waals surface area contributed by atoms with Gasteiger partial charge in [-0.1, -0.05) is 0 Å². The van der Waals surface area contributed by atoms with Gasteiger partial charge in [0.2, 0.25) is 0 Å². The van der Waals surface area contributed by atoms with Crippen molar-refractivity contribution < 1.29 is 13.2 Å². The van der Waals surface area contributed by atoms with Gasteiger partial charge in [0.15, 0.2) is 0 Å². The molecular weight excluding hydrogens is 267 g/mol. The van der Waals surface area contributed by atoms with E-state index >= 15 is 0 Å². The van der Waals surface area contributed by atoms with Gasteiger partial charge in [0, 0.05) is 0 Å². The van der Waals surface area contributed by atoms with Crippen LogP contribution in [0.3, 0.4) is 0 Å². The maximum absolute atomic E-state index is 11.8. The molecule has 78 valence electrons. The lowest BCUT2D eigenvalue weighted by Crippen LogP contribution is -2.23. The minimum Gasteiger partial charge on any atom is -0.360 e. The molecule has 0 atom stereocenters. The highest BCUT2D eigenvalue weighted by Gasteiger charge is 2.27. The van der Waals surface area contributed by atoms with E-state index in [4.69, 9.17) is 0 Å². The number of rotatable bonds is 2. The van der Waals surface area contributed by atoms with E-state index < -0.39 is 18.3 Å². The van der Waals surface area contributed by atoms with Gasteiger partial charge >= 0.3 is 6.18 Å². The Hall–Kier alpha value is -1.05. The van der Waals surface area contributed by atoms with E-state index in [1.54, 1.807) is 0 Å². The Morgan fingerprint density at radius 3 is 2.79 bits per heavy atom. The van der Waals surface area contributed by atoms with E-state index in [0.29, 0.717) is 0 Å². The molecule has 1 aromatic rings. The van der Waals surface area contributed by atoms with Gasteiger partial charge in [0.05, 0.1) is 6.33 Å². The topological polar surface area (TPSA) is 57.8 Å². The lowest BCUT2D eigenvalue weighted by molar-refractivity contribution is -0.115. The Kier molecular flexibility index (Phi) is 3.14. The normalized spacial score (nSPS) is 11.4. The Bertz CT molecular complexity index is 375. The first-order chi connectivity index (χ1) is 6.40. The number of halogens is 4. The average Bonchev–Trinajstić information content (AvgIpc) is 2.06. The number of hydrogen-bond donors (Lipinski definition) is 2. The first kappa shape index (κ1) is 11.0. The first-order valence-corrected chi connectivity index (χ1v) is 4.23. The summed E-state index contributed by atoms with van der Waals surface area (Å²) in [6, 6.07) is 0. The Balaban J connectivity index is 2.78. The summed E-state index contributed by atoms with van der Waals surface area (Å²) < 4.78 is 35.3. The zero-order valence-electron chi connectivity index (χ0n) is 6.65. The maximum Gasteiger partial charge on any atom is 0.405 e. The van der Waals surface area contributed by atoms with Crippen LogP contribution in [-0.2, 0) is 0 Å². The molecule has 4 nitrogen and oxygen atoms in total. The minimum absolute atomic E-state index is 0.0516. The predicted molar refractivity (Wildman–Crippen MR) is 47.1 cm³/mol. The van der Waals surface area contributed by atoms with Gasteiger partial charge in [-0.2, -0.15) is 13.2 Å². The molecule has 0 aliphatic carbocycles. The van der Waals surface area contributed by atoms with Crippen molar-refractivity contribution in [3.63, 3.8) is 0 Å². The van der Waals surface area contributed by atoms with Crippen LogP contribution >= 0.6 is 15.9 Å². The Labute approximate surface area is 84.7 Å². The smallest absolute Gasteiger partial charge is 0.360 e. The van der Waals surface area contributed by atoms with Crippen molar-refractivity contribution in [2.75, 3.05) is 11.9 Å². The van der Waals surface area contributed by atoms with Gasteiger partial charge in [-0.05, 0) is 15.9 Å². The van der Waals surface area contributed by atoms with E-state index in [9.17, 15) is 18.0 Å². The molecule has 0 unspecified atom stereocenters. The molecule has 0 spiro atoms. The molecule has 0 radical (unpaired) electrons. The van der Waals surface area contributed by atoms with Crippen LogP contribution < -0.4 is 10.9 Å². The summed E-state index contributed by atoms with van der Waals surface area (Å²) in [5, 5.41) is 1.99. The Morgan fingerprint density at radius 2 is 2.21 bits per heavy atom. The van der Waals surface area contributed by atoms with Gasteiger partial charge < -0.3 is 10.3 Å². The van der Waals surface area contributed by atoms with Crippen LogP contribution in [0.25, 0.3) is 0 Å². The number of nitrogens with one attached hydrogen (secondary N) is 2. The summed E-state index contributed by atoms with van der Waals surface area (Å²) >= 11 is 2.81. The molecule has 0 saturated carbocycles. The molecule has 0 aliphatic heterocycles. The van der Waals surface area contributed by atoms with Gasteiger partial charge in [0.1, 0.15) is 16.8 Å². The second kappa shape index (κ2) is 3.99. The van der Waals surface area contributed by atoms with E-state index in [0.717, 1.165) is 6.33 Å². The van der Waals surface area contributed by atoms with Crippen molar-refractivity contribution >= 4 is 21.7 Å². The lowest BCUT2D eigenvalue weighted by atomic mass is 10.5. The van der Waals surface area contributed by atoms with Crippen molar-refractivity contribution in [3.05, 3.63) is 21.2 Å². The first-order valence-electron chi connectivity index (χ1n) is 3.44. The fraction of sp³-hybridized carbons (Fsp3) is 0.333. The number of H-pyrrole nitrogens is 1. The quantitative estimate of drug-likeness (QED) is 0.857. The van der Waals surface area contributed by atoms with Crippen LogP contribution in [0.5, 0.6) is 0 Å². The van der Waals surface area contributed by atoms with Gasteiger partial charge in [-0.25, -0.2) is 4.98 Å². The SMILES string of the molecule is O=c1[nH]cnc(NCC(F)(F)F)c1Br. The van der Waals surface area contributed by atoms with Crippen molar-refractivity contribution in [2.45, 2.75) is 6.18 Å². The summed E-state index contributed by atoms with van der Waals surface area (Å²) in [7, 11) is 0. The zero-order chi connectivity index (χ0) is 10.8. The summed E-state index contributed by atoms with van der Waals surface area (Å²) in [5.41, 5.74) is -0.537. The summed E-state index contributed by atoms with van der Waals surface area (Å²) in [4.78, 5) is 16.6. The van der Waals surface area contributed by atoms with E-state index in [-0.39, 0.29) is 10.3 Å². The maximum atomic E-state index is 11.8. The number of hydrogen-bond acceptors (Lipinski definition) is 3. The fourth-order valence-electron chi connectivity index (χ4n) is 0.690. The number of alkyl halides is 3. The van der Waals surface area contributed by atoms with Gasteiger partial charge in [-0.15, -0.1) is 0 Å². The minimum atomic E-state index is -4.34. The van der Waals surface area contributed by atoms with Crippen LogP contribution in [0.4, 0.5) is 19.0 Å². The molecule has 0 saturated heterocycles. The Morgan fingerprint density at radius 1 is 1.57 bits per heavy atom. The third-order valence-corrected chi connectivity index (χ3v) is 1.99. The van der Waals surface area contributed by atoms with E-state index in [1.165, 1.54) is 0 Å². The molecule has 1 aromatic heterocycles. The van der Waals surface area contributed by atoms with Crippen molar-refractivity contribution in [1.29, 1.82) is 0 Å². The number of aromatic nitrogens is 2. The predicted octanol–water partition coefficient (Wildman–Crippen LogP) is 1.51.